The lowest BCUT2D eigenvalue weighted by atomic mass is 9.85. The molecule has 3 N–H and O–H groups in total. The van der Waals surface area contributed by atoms with Crippen LogP contribution in [0.3, 0.4) is 0 Å². The van der Waals surface area contributed by atoms with Gasteiger partial charge in [0.15, 0.2) is 0 Å². The molecule has 49 heavy (non-hydrogen) atoms. The molecule has 1 unspecified atom stereocenters. The first-order chi connectivity index (χ1) is 22.7. The second kappa shape index (κ2) is 12.9. The zero-order chi connectivity index (χ0) is 36.1. The lowest BCUT2D eigenvalue weighted by molar-refractivity contribution is -0.143. The van der Waals surface area contributed by atoms with E-state index in [1.165, 1.54) is 35.4 Å². The van der Waals surface area contributed by atoms with Gasteiger partial charge in [0.25, 0.3) is 5.91 Å². The first kappa shape index (κ1) is 36.0. The van der Waals surface area contributed by atoms with E-state index >= 15 is 0 Å². The smallest absolute Gasteiger partial charge is 0.408 e. The molecule has 13 nitrogen and oxygen atoms in total. The Kier molecular flexibility index (Phi) is 9.47. The van der Waals surface area contributed by atoms with Crippen LogP contribution < -0.4 is 20.1 Å². The van der Waals surface area contributed by atoms with Crippen LogP contribution in [0, 0.1) is 17.2 Å². The molecule has 3 fully saturated rings. The van der Waals surface area contributed by atoms with E-state index in [1.807, 2.05) is 0 Å². The number of nitrogens with one attached hydrogen (secondary N) is 3. The normalized spacial score (nSPS) is 24.5. The third-order valence-corrected chi connectivity index (χ3v) is 10.6. The SMILES string of the molecule is C=CC1C[C@]1(NC(=O)[C@@H]1C[C@@H](Oc2ccnc3ccc(F)cc23)CN1C(=O)[C@@H](NC(=O)OC(C)(C)C)C(C)(C)C)C(=O)NS(=O)(=O)C1CC1. The van der Waals surface area contributed by atoms with E-state index in [2.05, 4.69) is 26.9 Å². The maximum Gasteiger partial charge on any atom is 0.408 e. The number of carbonyl (C=O) groups excluding carboxylic acids is 4. The van der Waals surface area contributed by atoms with Gasteiger partial charge in [-0.15, -0.1) is 6.58 Å². The average Bonchev–Trinajstić information content (AvgIpc) is 3.91. The number of sulfonamides is 1. The average molecular weight is 702 g/mol. The number of amides is 4. The van der Waals surface area contributed by atoms with E-state index in [0.29, 0.717) is 23.7 Å². The van der Waals surface area contributed by atoms with Gasteiger partial charge < -0.3 is 25.0 Å². The minimum absolute atomic E-state index is 0.0309. The van der Waals surface area contributed by atoms with Crippen molar-refractivity contribution in [1.82, 2.24) is 25.2 Å². The van der Waals surface area contributed by atoms with Gasteiger partial charge in [-0.05, 0) is 69.7 Å². The lowest BCUT2D eigenvalue weighted by Gasteiger charge is -2.36. The van der Waals surface area contributed by atoms with Crippen molar-refractivity contribution in [3.8, 4) is 5.75 Å². The molecule has 15 heteroatoms. The van der Waals surface area contributed by atoms with Gasteiger partial charge in [0, 0.05) is 23.9 Å². The van der Waals surface area contributed by atoms with Crippen LogP contribution in [0.25, 0.3) is 10.9 Å². The summed E-state index contributed by atoms with van der Waals surface area (Å²) in [7, 11) is -3.91. The number of hydrogen-bond donors (Lipinski definition) is 3. The van der Waals surface area contributed by atoms with Crippen molar-refractivity contribution in [2.45, 2.75) is 102 Å². The largest absolute Gasteiger partial charge is 0.488 e. The number of carbonyl (C=O) groups is 4. The molecule has 4 amide bonds. The Morgan fingerprint density at radius 2 is 1.82 bits per heavy atom. The standard InChI is InChI=1S/C34H44FN5O8S/c1-8-19-17-34(19,30(43)39-49(45,46)22-10-11-22)38-28(41)25-16-21(47-26-13-14-36-24-12-9-20(35)15-23(24)26)18-40(25)29(42)27(32(2,3)4)37-31(44)48-33(5,6)7/h8-9,12-15,19,21-22,25,27H,1,10-11,16-18H2,2-7H3,(H,37,44)(H,38,41)(H,39,43)/t19?,21-,25+,27-,34-/m1/s1. The molecule has 0 bridgehead atoms. The van der Waals surface area contributed by atoms with Crippen LogP contribution in [0.5, 0.6) is 5.75 Å². The molecule has 266 valence electrons. The van der Waals surface area contributed by atoms with E-state index in [4.69, 9.17) is 9.47 Å². The van der Waals surface area contributed by atoms with Crippen LogP contribution in [0.1, 0.15) is 67.2 Å². The number of likely N-dealkylation sites (tertiary alicyclic amines) is 1. The summed E-state index contributed by atoms with van der Waals surface area (Å²) in [5.41, 5.74) is -2.78. The fourth-order valence-electron chi connectivity index (χ4n) is 6.01. The number of aromatic nitrogens is 1. The minimum Gasteiger partial charge on any atom is -0.488 e. The number of benzene rings is 1. The van der Waals surface area contributed by atoms with Crippen LogP contribution in [-0.2, 0) is 29.1 Å². The third-order valence-electron chi connectivity index (χ3n) is 8.83. The van der Waals surface area contributed by atoms with Gasteiger partial charge >= 0.3 is 6.09 Å². The summed E-state index contributed by atoms with van der Waals surface area (Å²) >= 11 is 0. The molecule has 0 spiro atoms. The number of nitrogens with zero attached hydrogens (tertiary/aromatic N) is 2. The van der Waals surface area contributed by atoms with Gasteiger partial charge in [-0.3, -0.25) is 24.1 Å². The van der Waals surface area contributed by atoms with E-state index < -0.39 is 85.6 Å². The van der Waals surface area contributed by atoms with Crippen LogP contribution >= 0.6 is 0 Å². The molecule has 2 saturated carbocycles. The Morgan fingerprint density at radius 1 is 1.12 bits per heavy atom. The number of pyridine rings is 1. The summed E-state index contributed by atoms with van der Waals surface area (Å²) < 4.78 is 53.3. The van der Waals surface area contributed by atoms with Crippen LogP contribution in [-0.4, -0.2) is 83.2 Å². The molecule has 2 heterocycles. The van der Waals surface area contributed by atoms with Crippen molar-refractivity contribution in [2.75, 3.05) is 6.54 Å². The van der Waals surface area contributed by atoms with Gasteiger partial charge in [-0.25, -0.2) is 17.6 Å². The van der Waals surface area contributed by atoms with Crippen LogP contribution in [0.15, 0.2) is 43.1 Å². The Balaban J connectivity index is 1.44. The van der Waals surface area contributed by atoms with Crippen molar-refractivity contribution < 1.29 is 41.5 Å². The molecule has 5 atom stereocenters. The van der Waals surface area contributed by atoms with Gasteiger partial charge in [-0.2, -0.15) is 0 Å². The Hall–Kier alpha value is -4.27. The fourth-order valence-corrected chi connectivity index (χ4v) is 7.37. The number of hydrogen-bond acceptors (Lipinski definition) is 9. The van der Waals surface area contributed by atoms with Crippen LogP contribution in [0.4, 0.5) is 9.18 Å². The summed E-state index contributed by atoms with van der Waals surface area (Å²) in [5.74, 6) is -2.93. The summed E-state index contributed by atoms with van der Waals surface area (Å²) in [6.07, 6.45) is 2.35. The highest BCUT2D eigenvalue weighted by atomic mass is 32.2. The fraction of sp³-hybridized carbons (Fsp3) is 0.559. The van der Waals surface area contributed by atoms with Gasteiger partial charge in [0.05, 0.1) is 17.3 Å². The predicted molar refractivity (Wildman–Crippen MR) is 178 cm³/mol. The second-order valence-electron chi connectivity index (χ2n) is 15.1. The monoisotopic (exact) mass is 701 g/mol. The topological polar surface area (TPSA) is 173 Å². The summed E-state index contributed by atoms with van der Waals surface area (Å²) in [4.78, 5) is 60.3. The molecule has 3 aliphatic rings. The molecule has 5 rings (SSSR count). The molecular formula is C34H44FN5O8S. The highest BCUT2D eigenvalue weighted by Gasteiger charge is 2.62. The van der Waals surface area contributed by atoms with Gasteiger partial charge in [-0.1, -0.05) is 26.8 Å². The first-order valence-electron chi connectivity index (χ1n) is 16.3. The highest BCUT2D eigenvalue weighted by Crippen LogP contribution is 2.45. The molecule has 2 aliphatic carbocycles. The lowest BCUT2D eigenvalue weighted by Crippen LogP contribution is -2.60. The molecule has 1 aliphatic heterocycles. The van der Waals surface area contributed by atoms with Gasteiger partial charge in [0.2, 0.25) is 21.8 Å². The van der Waals surface area contributed by atoms with E-state index in [-0.39, 0.29) is 25.1 Å². The van der Waals surface area contributed by atoms with Gasteiger partial charge in [0.1, 0.15) is 40.9 Å². The van der Waals surface area contributed by atoms with Crippen molar-refractivity contribution in [3.05, 3.63) is 48.9 Å². The Bertz CT molecular complexity index is 1780. The second-order valence-corrected chi connectivity index (χ2v) is 17.0. The molecule has 1 aromatic heterocycles. The minimum atomic E-state index is -3.91. The highest BCUT2D eigenvalue weighted by molar-refractivity contribution is 7.91. The quantitative estimate of drug-likeness (QED) is 0.314. The Labute approximate surface area is 285 Å². The van der Waals surface area contributed by atoms with E-state index in [1.54, 1.807) is 47.6 Å². The summed E-state index contributed by atoms with van der Waals surface area (Å²) in [6, 6.07) is 3.28. The third kappa shape index (κ3) is 7.97. The molecule has 1 saturated heterocycles. The molecule has 0 radical (unpaired) electrons. The summed E-state index contributed by atoms with van der Waals surface area (Å²) in [6.45, 7) is 14.0. The van der Waals surface area contributed by atoms with Crippen molar-refractivity contribution in [2.24, 2.45) is 11.3 Å². The maximum atomic E-state index is 14.4. The predicted octanol–water partition coefficient (Wildman–Crippen LogP) is 3.33. The number of rotatable bonds is 10. The van der Waals surface area contributed by atoms with Crippen molar-refractivity contribution >= 4 is 44.7 Å². The zero-order valence-corrected chi connectivity index (χ0v) is 29.4. The number of fused-ring (bicyclic) bond motifs is 1. The molecular weight excluding hydrogens is 657 g/mol. The maximum absolute atomic E-state index is 14.4. The van der Waals surface area contributed by atoms with E-state index in [9.17, 15) is 32.0 Å². The van der Waals surface area contributed by atoms with Crippen LogP contribution in [0.2, 0.25) is 0 Å². The first-order valence-corrected chi connectivity index (χ1v) is 17.8. The van der Waals surface area contributed by atoms with E-state index in [0.717, 1.165) is 0 Å². The number of ether oxygens (including phenoxy) is 2. The Morgan fingerprint density at radius 3 is 2.41 bits per heavy atom. The number of alkyl carbamates (subject to hydrolysis) is 1. The van der Waals surface area contributed by atoms with Crippen molar-refractivity contribution in [3.63, 3.8) is 0 Å². The molecule has 1 aromatic carbocycles. The van der Waals surface area contributed by atoms with Crippen molar-refractivity contribution in [1.29, 1.82) is 0 Å². The zero-order valence-electron chi connectivity index (χ0n) is 28.5. The summed E-state index contributed by atoms with van der Waals surface area (Å²) in [5, 5.41) is 5.14. The molecule has 2 aromatic rings. The number of halogens is 1.